The van der Waals surface area contributed by atoms with Crippen LogP contribution in [0.5, 0.6) is 0 Å². The normalized spacial score (nSPS) is 37.0. The number of rotatable bonds is 5. The number of aliphatic hydroxyl groups excluding tert-OH is 3. The summed E-state index contributed by atoms with van der Waals surface area (Å²) in [4.78, 5) is 13.9. The van der Waals surface area contributed by atoms with Gasteiger partial charge in [0.15, 0.2) is 6.29 Å². The summed E-state index contributed by atoms with van der Waals surface area (Å²) in [6.07, 6.45) is -4.25. The number of carbonyl (C=O) groups excluding carboxylic acids is 1. The number of nitrogens with one attached hydrogen (secondary N) is 2. The summed E-state index contributed by atoms with van der Waals surface area (Å²) in [7, 11) is 0. The Kier molecular flexibility index (Phi) is 6.78. The van der Waals surface area contributed by atoms with Gasteiger partial charge in [-0.1, -0.05) is 0 Å². The van der Waals surface area contributed by atoms with Crippen LogP contribution in [-0.4, -0.2) is 84.3 Å². The number of hydrogen-bond acceptors (Lipinski definition) is 8. The van der Waals surface area contributed by atoms with Crippen LogP contribution < -0.4 is 10.2 Å². The number of ether oxygens (including phenoxy) is 3. The van der Waals surface area contributed by atoms with E-state index < -0.39 is 49.3 Å². The van der Waals surface area contributed by atoms with Crippen LogP contribution in [0.25, 0.3) is 0 Å². The van der Waals surface area contributed by atoms with Crippen molar-refractivity contribution < 1.29 is 34.3 Å². The first-order chi connectivity index (χ1) is 10.6. The smallest absolute Gasteiger partial charge is 0.240 e. The van der Waals surface area contributed by atoms with Crippen molar-refractivity contribution in [2.75, 3.05) is 26.4 Å². The number of fused-ring (bicyclic) bond motifs is 6. The van der Waals surface area contributed by atoms with Crippen LogP contribution in [0.2, 0.25) is 0 Å². The van der Waals surface area contributed by atoms with Crippen LogP contribution in [0.4, 0.5) is 0 Å². The molecule has 0 aliphatic carbocycles. The van der Waals surface area contributed by atoms with E-state index in [1.807, 2.05) is 0 Å². The highest BCUT2D eigenvalue weighted by atomic mass is 35.5. The van der Waals surface area contributed by atoms with Gasteiger partial charge in [0.05, 0.1) is 13.2 Å². The quantitative estimate of drug-likeness (QED) is 0.346. The van der Waals surface area contributed by atoms with Gasteiger partial charge in [-0.05, 0) is 18.2 Å². The predicted molar refractivity (Wildman–Crippen MR) is 73.9 cm³/mol. The minimum Gasteiger partial charge on any atom is -0.394 e. The average Bonchev–Trinajstić information content (AvgIpc) is 2.65. The molecule has 0 aromatic carbocycles. The van der Waals surface area contributed by atoms with Crippen LogP contribution in [-0.2, 0) is 19.0 Å². The van der Waals surface area contributed by atoms with E-state index in [9.17, 15) is 15.0 Å². The molecule has 3 fully saturated rings. The number of aliphatic hydroxyl groups is 3. The van der Waals surface area contributed by atoms with E-state index in [1.165, 1.54) is 0 Å². The molecule has 5 unspecified atom stereocenters. The predicted octanol–water partition coefficient (Wildman–Crippen LogP) is -2.54. The third-order valence-electron chi connectivity index (χ3n) is 3.63. The molecule has 10 heteroatoms. The highest BCUT2D eigenvalue weighted by Crippen LogP contribution is 2.25. The molecule has 5 N–H and O–H groups in total. The van der Waals surface area contributed by atoms with E-state index >= 15 is 0 Å². The van der Waals surface area contributed by atoms with Gasteiger partial charge in [-0.15, -0.1) is 0 Å². The Morgan fingerprint density at radius 2 is 2.00 bits per heavy atom. The minimum atomic E-state index is -1.22. The molecule has 0 aromatic heterocycles. The van der Waals surface area contributed by atoms with Gasteiger partial charge in [0, 0.05) is 13.2 Å². The van der Waals surface area contributed by atoms with Crippen molar-refractivity contribution in [3.8, 4) is 0 Å². The van der Waals surface area contributed by atoms with Crippen molar-refractivity contribution in [3.63, 3.8) is 0 Å². The van der Waals surface area contributed by atoms with Crippen LogP contribution >= 0.6 is 11.8 Å². The van der Waals surface area contributed by atoms with Crippen molar-refractivity contribution in [2.24, 2.45) is 0 Å². The Bertz CT molecular complexity index is 369. The molecule has 0 aromatic rings. The maximum atomic E-state index is 11.8. The van der Waals surface area contributed by atoms with E-state index in [0.717, 1.165) is 0 Å². The van der Waals surface area contributed by atoms with Crippen LogP contribution in [0.15, 0.2) is 0 Å². The first kappa shape index (κ1) is 17.8. The summed E-state index contributed by atoms with van der Waals surface area (Å²) in [5, 5.41) is 31.6. The van der Waals surface area contributed by atoms with Gasteiger partial charge in [0.1, 0.15) is 30.5 Å². The summed E-state index contributed by atoms with van der Waals surface area (Å²) in [5.74, 6) is -0.521. The molecule has 3 heterocycles. The first-order valence-electron chi connectivity index (χ1n) is 7.08. The third kappa shape index (κ3) is 4.06. The largest absolute Gasteiger partial charge is 0.394 e. The molecule has 0 spiro atoms. The van der Waals surface area contributed by atoms with Gasteiger partial charge >= 0.3 is 0 Å². The summed E-state index contributed by atoms with van der Waals surface area (Å²) in [5.41, 5.74) is 0. The van der Waals surface area contributed by atoms with E-state index in [-0.39, 0.29) is 6.54 Å². The fourth-order valence-electron chi connectivity index (χ4n) is 2.38. The fourth-order valence-corrected chi connectivity index (χ4v) is 2.55. The molecule has 3 aliphatic rings. The van der Waals surface area contributed by atoms with Gasteiger partial charge in [0.2, 0.25) is 5.91 Å². The van der Waals surface area contributed by atoms with Gasteiger partial charge in [-0.2, -0.15) is 0 Å². The molecular formula is C12H21ClN2O7. The first-order valence-corrected chi connectivity index (χ1v) is 7.45. The molecule has 6 atom stereocenters. The summed E-state index contributed by atoms with van der Waals surface area (Å²) >= 11 is 5.34. The highest BCUT2D eigenvalue weighted by molar-refractivity contribution is 6.15. The maximum Gasteiger partial charge on any atom is 0.240 e. The Morgan fingerprint density at radius 1 is 1.27 bits per heavy atom. The van der Waals surface area contributed by atoms with E-state index in [4.69, 9.17) is 31.1 Å². The second kappa shape index (κ2) is 8.37. The number of halogens is 1. The molecule has 2 bridgehead atoms. The minimum absolute atomic E-state index is 0.0161. The summed E-state index contributed by atoms with van der Waals surface area (Å²) in [6, 6.07) is -0.956. The standard InChI is InChI=1S/C12H21ClN2O7/c13-15-6(5-16)11(19)14-4-7-10-8(17)9(18)12(22-7)21-3-1-2-20-10/h6-10,12,15-18H,1-5H2,(H,14,19)/t6-,7?,8?,9?,10?,12?/m0/s1. The molecular weight excluding hydrogens is 320 g/mol. The lowest BCUT2D eigenvalue weighted by molar-refractivity contribution is -0.292. The molecule has 22 heavy (non-hydrogen) atoms. The maximum absolute atomic E-state index is 11.8. The van der Waals surface area contributed by atoms with Gasteiger partial charge in [-0.3, -0.25) is 4.79 Å². The Morgan fingerprint density at radius 3 is 2.68 bits per heavy atom. The van der Waals surface area contributed by atoms with Crippen LogP contribution in [0, 0.1) is 0 Å². The number of amides is 1. The lowest BCUT2D eigenvalue weighted by Crippen LogP contribution is -2.61. The number of hydrogen-bond donors (Lipinski definition) is 5. The monoisotopic (exact) mass is 340 g/mol. The highest BCUT2D eigenvalue weighted by Gasteiger charge is 2.46. The Labute approximate surface area is 132 Å². The zero-order chi connectivity index (χ0) is 16.1. The Balaban J connectivity index is 1.98. The van der Waals surface area contributed by atoms with E-state index in [2.05, 4.69) is 10.2 Å². The zero-order valence-corrected chi connectivity index (χ0v) is 12.6. The zero-order valence-electron chi connectivity index (χ0n) is 11.9. The topological polar surface area (TPSA) is 130 Å². The average molecular weight is 341 g/mol. The Hall–Kier alpha value is -0.520. The van der Waals surface area contributed by atoms with Crippen molar-refractivity contribution in [2.45, 2.75) is 43.2 Å². The van der Waals surface area contributed by atoms with Gasteiger partial charge < -0.3 is 34.8 Å². The van der Waals surface area contributed by atoms with E-state index in [1.54, 1.807) is 0 Å². The molecule has 0 saturated carbocycles. The second-order valence-corrected chi connectivity index (χ2v) is 5.39. The lowest BCUT2D eigenvalue weighted by atomic mass is 9.98. The van der Waals surface area contributed by atoms with Crippen molar-refractivity contribution in [3.05, 3.63) is 0 Å². The summed E-state index contributed by atoms with van der Waals surface area (Å²) < 4.78 is 16.5. The van der Waals surface area contributed by atoms with Crippen LogP contribution in [0.3, 0.4) is 0 Å². The van der Waals surface area contributed by atoms with Crippen molar-refractivity contribution in [1.82, 2.24) is 10.2 Å². The molecule has 9 nitrogen and oxygen atoms in total. The van der Waals surface area contributed by atoms with Crippen molar-refractivity contribution in [1.29, 1.82) is 0 Å². The summed E-state index contributed by atoms with van der Waals surface area (Å²) in [6.45, 7) is 0.233. The SMILES string of the molecule is O=C(NCC1OC2OCCCOC1C(O)C2O)[C@H](CO)NCl. The van der Waals surface area contributed by atoms with E-state index in [0.29, 0.717) is 19.6 Å². The molecule has 3 aliphatic heterocycles. The molecule has 3 rings (SSSR count). The van der Waals surface area contributed by atoms with Crippen molar-refractivity contribution >= 4 is 17.7 Å². The van der Waals surface area contributed by atoms with Gasteiger partial charge in [0.25, 0.3) is 0 Å². The molecule has 3 saturated heterocycles. The fraction of sp³-hybridized carbons (Fsp3) is 0.917. The number of carbonyl (C=O) groups is 1. The van der Waals surface area contributed by atoms with Gasteiger partial charge in [-0.25, -0.2) is 4.84 Å². The lowest BCUT2D eigenvalue weighted by Gasteiger charge is -2.41. The molecule has 0 radical (unpaired) electrons. The second-order valence-electron chi connectivity index (χ2n) is 5.17. The van der Waals surface area contributed by atoms with Crippen LogP contribution in [0.1, 0.15) is 6.42 Å². The molecule has 128 valence electrons. The third-order valence-corrected chi connectivity index (χ3v) is 3.89. The molecule has 1 amide bonds.